The van der Waals surface area contributed by atoms with Gasteiger partial charge in [0.25, 0.3) is 0 Å². The number of esters is 5. The zero-order chi connectivity index (χ0) is 21.4. The molecule has 0 spiro atoms. The van der Waals surface area contributed by atoms with Crippen molar-refractivity contribution in [1.29, 1.82) is 0 Å². The number of allylic oxidation sites excluding steroid dienone is 1. The fourth-order valence-electron chi connectivity index (χ4n) is 3.71. The third-order valence-corrected chi connectivity index (χ3v) is 5.41. The average Bonchev–Trinajstić information content (AvgIpc) is 3.19. The molecule has 3 atom stereocenters. The second-order valence-corrected chi connectivity index (χ2v) is 7.60. The van der Waals surface area contributed by atoms with Crippen LogP contribution in [0.4, 0.5) is 0 Å². The van der Waals surface area contributed by atoms with E-state index in [4.69, 9.17) is 0 Å². The molecule has 0 amide bonds. The minimum atomic E-state index is -0.627. The molecule has 29 heavy (non-hydrogen) atoms. The van der Waals surface area contributed by atoms with Crippen molar-refractivity contribution < 1.29 is 38.2 Å². The lowest BCUT2D eigenvalue weighted by molar-refractivity contribution is -0.154. The molecule has 0 aromatic heterocycles. The van der Waals surface area contributed by atoms with E-state index in [1.54, 1.807) is 6.92 Å². The van der Waals surface area contributed by atoms with Crippen LogP contribution in [-0.4, -0.2) is 37.0 Å². The standard InChI is InChI=1S/C21H28O8/c1-13(15-11-18(23)28-20(15)25)10-14(16-12-19(24)29-21(16)26)8-6-4-3-5-7-9-17(22)27-2/h10,13,15-16H,3-9,11-12H2,1-2H3/b14-10+. The van der Waals surface area contributed by atoms with Crippen molar-refractivity contribution in [3.8, 4) is 0 Å². The van der Waals surface area contributed by atoms with Crippen LogP contribution in [0.2, 0.25) is 0 Å². The van der Waals surface area contributed by atoms with Gasteiger partial charge < -0.3 is 14.2 Å². The van der Waals surface area contributed by atoms with Crippen molar-refractivity contribution in [2.24, 2.45) is 17.8 Å². The molecule has 0 aromatic carbocycles. The molecular formula is C21H28O8. The van der Waals surface area contributed by atoms with Gasteiger partial charge in [-0.15, -0.1) is 0 Å². The highest BCUT2D eigenvalue weighted by Crippen LogP contribution is 2.32. The van der Waals surface area contributed by atoms with Crippen LogP contribution in [-0.2, 0) is 38.2 Å². The van der Waals surface area contributed by atoms with Crippen LogP contribution < -0.4 is 0 Å². The summed E-state index contributed by atoms with van der Waals surface area (Å²) in [6, 6.07) is 0. The molecule has 8 nitrogen and oxygen atoms in total. The topological polar surface area (TPSA) is 113 Å². The number of hydrogen-bond acceptors (Lipinski definition) is 8. The van der Waals surface area contributed by atoms with Crippen molar-refractivity contribution in [1.82, 2.24) is 0 Å². The minimum absolute atomic E-state index is 0.00452. The number of unbranched alkanes of at least 4 members (excludes halogenated alkanes) is 4. The first-order valence-corrected chi connectivity index (χ1v) is 10.1. The normalized spacial score (nSPS) is 23.2. The number of carbonyl (C=O) groups is 5. The van der Waals surface area contributed by atoms with Gasteiger partial charge in [-0.25, -0.2) is 0 Å². The Morgan fingerprint density at radius 1 is 0.966 bits per heavy atom. The van der Waals surface area contributed by atoms with Crippen molar-refractivity contribution in [2.75, 3.05) is 7.11 Å². The smallest absolute Gasteiger partial charge is 0.321 e. The van der Waals surface area contributed by atoms with Gasteiger partial charge in [0.15, 0.2) is 0 Å². The maximum atomic E-state index is 12.0. The lowest BCUT2D eigenvalue weighted by Gasteiger charge is -2.17. The number of ether oxygens (including phenoxy) is 3. The summed E-state index contributed by atoms with van der Waals surface area (Å²) in [4.78, 5) is 57.8. The second-order valence-electron chi connectivity index (χ2n) is 7.60. The predicted molar refractivity (Wildman–Crippen MR) is 100.0 cm³/mol. The number of hydrogen-bond donors (Lipinski definition) is 0. The molecule has 0 bridgehead atoms. The molecule has 2 aliphatic rings. The van der Waals surface area contributed by atoms with Gasteiger partial charge in [-0.3, -0.25) is 24.0 Å². The van der Waals surface area contributed by atoms with E-state index < -0.39 is 35.7 Å². The van der Waals surface area contributed by atoms with Gasteiger partial charge >= 0.3 is 29.8 Å². The maximum absolute atomic E-state index is 12.0. The zero-order valence-electron chi connectivity index (χ0n) is 16.9. The van der Waals surface area contributed by atoms with Gasteiger partial charge in [0.1, 0.15) is 0 Å². The lowest BCUT2D eigenvalue weighted by atomic mass is 9.85. The van der Waals surface area contributed by atoms with E-state index >= 15 is 0 Å². The largest absolute Gasteiger partial charge is 0.469 e. The van der Waals surface area contributed by atoms with E-state index in [9.17, 15) is 24.0 Å². The molecule has 2 heterocycles. The molecule has 8 heteroatoms. The maximum Gasteiger partial charge on any atom is 0.321 e. The first kappa shape index (κ1) is 22.8. The molecule has 2 aliphatic heterocycles. The summed E-state index contributed by atoms with van der Waals surface area (Å²) in [6.07, 6.45) is 7.20. The van der Waals surface area contributed by atoms with Crippen LogP contribution in [0.25, 0.3) is 0 Å². The Labute approximate surface area is 169 Å². The molecule has 2 rings (SSSR count). The summed E-state index contributed by atoms with van der Waals surface area (Å²) in [7, 11) is 1.37. The Kier molecular flexibility index (Phi) is 8.54. The van der Waals surface area contributed by atoms with Gasteiger partial charge in [-0.1, -0.05) is 37.8 Å². The highest BCUT2D eigenvalue weighted by Gasteiger charge is 2.39. The van der Waals surface area contributed by atoms with Gasteiger partial charge in [0.05, 0.1) is 31.8 Å². The Balaban J connectivity index is 1.91. The number of methoxy groups -OCH3 is 1. The summed E-state index contributed by atoms with van der Waals surface area (Å²) in [5, 5.41) is 0. The second kappa shape index (κ2) is 10.9. The Hall–Kier alpha value is -2.51. The zero-order valence-corrected chi connectivity index (χ0v) is 16.9. The third-order valence-electron chi connectivity index (χ3n) is 5.41. The quantitative estimate of drug-likeness (QED) is 0.169. The first-order valence-electron chi connectivity index (χ1n) is 10.1. The Morgan fingerprint density at radius 2 is 1.55 bits per heavy atom. The molecule has 0 radical (unpaired) electrons. The summed E-state index contributed by atoms with van der Waals surface area (Å²) in [5.41, 5.74) is 0.773. The van der Waals surface area contributed by atoms with E-state index in [0.29, 0.717) is 12.8 Å². The molecular weight excluding hydrogens is 380 g/mol. The van der Waals surface area contributed by atoms with E-state index in [2.05, 4.69) is 14.2 Å². The summed E-state index contributed by atoms with van der Waals surface area (Å²) in [5.74, 6) is -3.88. The Bertz CT molecular complexity index is 693. The monoisotopic (exact) mass is 408 g/mol. The van der Waals surface area contributed by atoms with Gasteiger partial charge in [-0.2, -0.15) is 0 Å². The van der Waals surface area contributed by atoms with E-state index in [1.807, 2.05) is 6.08 Å². The molecule has 0 saturated carbocycles. The van der Waals surface area contributed by atoms with Crippen LogP contribution in [0.5, 0.6) is 0 Å². The number of rotatable bonds is 11. The minimum Gasteiger partial charge on any atom is -0.469 e. The van der Waals surface area contributed by atoms with Gasteiger partial charge in [-0.05, 0) is 25.2 Å². The highest BCUT2D eigenvalue weighted by molar-refractivity contribution is 5.96. The number of carbonyl (C=O) groups excluding carboxylic acids is 5. The average molecular weight is 408 g/mol. The van der Waals surface area contributed by atoms with E-state index in [1.165, 1.54) is 7.11 Å². The molecule has 0 aliphatic carbocycles. The van der Waals surface area contributed by atoms with Gasteiger partial charge in [0, 0.05) is 6.42 Å². The fraction of sp³-hybridized carbons (Fsp3) is 0.667. The van der Waals surface area contributed by atoms with Crippen LogP contribution in [0.15, 0.2) is 11.6 Å². The van der Waals surface area contributed by atoms with Crippen LogP contribution in [0.3, 0.4) is 0 Å². The summed E-state index contributed by atoms with van der Waals surface area (Å²) >= 11 is 0. The van der Waals surface area contributed by atoms with Crippen molar-refractivity contribution >= 4 is 29.8 Å². The fourth-order valence-corrected chi connectivity index (χ4v) is 3.71. The van der Waals surface area contributed by atoms with Crippen molar-refractivity contribution in [2.45, 2.75) is 64.7 Å². The molecule has 2 saturated heterocycles. The lowest BCUT2D eigenvalue weighted by Crippen LogP contribution is -2.18. The van der Waals surface area contributed by atoms with Crippen LogP contribution in [0, 0.1) is 17.8 Å². The van der Waals surface area contributed by atoms with Crippen LogP contribution in [0.1, 0.15) is 64.7 Å². The number of cyclic esters (lactones) is 4. The van der Waals surface area contributed by atoms with E-state index in [-0.39, 0.29) is 24.7 Å². The Morgan fingerprint density at radius 3 is 2.10 bits per heavy atom. The van der Waals surface area contributed by atoms with Crippen LogP contribution >= 0.6 is 0 Å². The predicted octanol–water partition coefficient (Wildman–Crippen LogP) is 2.63. The highest BCUT2D eigenvalue weighted by atomic mass is 16.6. The molecule has 2 fully saturated rings. The molecule has 160 valence electrons. The molecule has 0 aromatic rings. The SMILES string of the molecule is COC(=O)CCCCCCC/C(=C\C(C)C1CC(=O)OC1=O)C1CC(=O)OC1=O. The van der Waals surface area contributed by atoms with Gasteiger partial charge in [0.2, 0.25) is 0 Å². The van der Waals surface area contributed by atoms with Crippen molar-refractivity contribution in [3.63, 3.8) is 0 Å². The van der Waals surface area contributed by atoms with Crippen molar-refractivity contribution in [3.05, 3.63) is 11.6 Å². The third kappa shape index (κ3) is 6.80. The summed E-state index contributed by atoms with van der Waals surface area (Å²) < 4.78 is 13.9. The van der Waals surface area contributed by atoms with E-state index in [0.717, 1.165) is 37.7 Å². The molecule has 3 unspecified atom stereocenters. The molecule has 0 N–H and O–H groups in total. The summed E-state index contributed by atoms with van der Waals surface area (Å²) in [6.45, 7) is 1.81. The first-order chi connectivity index (χ1) is 13.8.